The van der Waals surface area contributed by atoms with Crippen LogP contribution in [0.2, 0.25) is 0 Å². The molecule has 9 heteroatoms. The Morgan fingerprint density at radius 3 is 2.87 bits per heavy atom. The smallest absolute Gasteiger partial charge is 0.191 e. The second-order valence-electron chi connectivity index (χ2n) is 7.28. The molecule has 0 bridgehead atoms. The second kappa shape index (κ2) is 12.8. The summed E-state index contributed by atoms with van der Waals surface area (Å²) in [5.74, 6) is 1.46. The summed E-state index contributed by atoms with van der Waals surface area (Å²) >= 11 is 0. The van der Waals surface area contributed by atoms with Gasteiger partial charge in [-0.25, -0.2) is 9.38 Å². The van der Waals surface area contributed by atoms with Crippen LogP contribution in [-0.4, -0.2) is 57.8 Å². The minimum absolute atomic E-state index is 0. The van der Waals surface area contributed by atoms with Gasteiger partial charge in [0.1, 0.15) is 18.0 Å². The summed E-state index contributed by atoms with van der Waals surface area (Å²) in [6.07, 6.45) is 5.04. The fraction of sp³-hybridized carbons (Fsp3) is 0.571. The summed E-state index contributed by atoms with van der Waals surface area (Å²) in [5.41, 5.74) is 0.594. The molecule has 1 fully saturated rings. The van der Waals surface area contributed by atoms with Gasteiger partial charge in [0.2, 0.25) is 0 Å². The van der Waals surface area contributed by atoms with Crippen molar-refractivity contribution in [2.24, 2.45) is 4.99 Å². The molecule has 1 aromatic carbocycles. The lowest BCUT2D eigenvalue weighted by atomic mass is 10.2. The molecular weight excluding hydrogens is 496 g/mol. The van der Waals surface area contributed by atoms with Crippen LogP contribution in [0.4, 0.5) is 4.39 Å². The maximum absolute atomic E-state index is 14.0. The Morgan fingerprint density at radius 1 is 1.27 bits per heavy atom. The first-order valence-corrected chi connectivity index (χ1v) is 10.6. The Morgan fingerprint density at radius 2 is 2.10 bits per heavy atom. The highest BCUT2D eigenvalue weighted by Gasteiger charge is 2.22. The zero-order valence-electron chi connectivity index (χ0n) is 17.9. The number of guanidine groups is 1. The number of rotatable bonds is 9. The van der Waals surface area contributed by atoms with E-state index < -0.39 is 0 Å². The van der Waals surface area contributed by atoms with E-state index in [2.05, 4.69) is 44.6 Å². The van der Waals surface area contributed by atoms with E-state index in [0.29, 0.717) is 30.7 Å². The molecule has 1 saturated heterocycles. The lowest BCUT2D eigenvalue weighted by Gasteiger charge is -2.24. The Balaban J connectivity index is 0.00000320. The fourth-order valence-electron chi connectivity index (χ4n) is 3.76. The first-order chi connectivity index (χ1) is 14.2. The number of hydrogen-bond donors (Lipinski definition) is 2. The Kier molecular flexibility index (Phi) is 10.5. The van der Waals surface area contributed by atoms with E-state index in [4.69, 9.17) is 0 Å². The highest BCUT2D eigenvalue weighted by molar-refractivity contribution is 14.0. The average Bonchev–Trinajstić information content (AvgIpc) is 3.39. The monoisotopic (exact) mass is 529 g/mol. The Hall–Kier alpha value is -1.75. The van der Waals surface area contributed by atoms with E-state index in [-0.39, 0.29) is 29.8 Å². The Labute approximate surface area is 195 Å². The van der Waals surface area contributed by atoms with Crippen molar-refractivity contribution in [2.45, 2.75) is 52.2 Å². The third-order valence-corrected chi connectivity index (χ3v) is 5.43. The SMILES string of the molecule is CCc1nncn1CCNC(=NCc1ccccc1F)NCC1CCCN1CC.I. The first kappa shape index (κ1) is 24.5. The molecular formula is C21H33FIN7. The molecule has 1 atom stereocenters. The average molecular weight is 529 g/mol. The van der Waals surface area contributed by atoms with Gasteiger partial charge in [0.15, 0.2) is 5.96 Å². The number of halogens is 2. The molecule has 2 heterocycles. The standard InChI is InChI=1S/C21H32FN7.HI/c1-3-20-27-26-16-29(20)13-11-23-21(24-14-17-8-5-6-10-19(17)22)25-15-18-9-7-12-28(18)4-2;/h5-6,8,10,16,18H,3-4,7,9,11-15H2,1-2H3,(H2,23,24,25);1H. The summed E-state index contributed by atoms with van der Waals surface area (Å²) in [6.45, 7) is 9.07. The lowest BCUT2D eigenvalue weighted by molar-refractivity contribution is 0.267. The predicted molar refractivity (Wildman–Crippen MR) is 129 cm³/mol. The summed E-state index contributed by atoms with van der Waals surface area (Å²) in [4.78, 5) is 7.12. The summed E-state index contributed by atoms with van der Waals surface area (Å²) in [5, 5.41) is 14.9. The van der Waals surface area contributed by atoms with E-state index in [1.54, 1.807) is 18.5 Å². The van der Waals surface area contributed by atoms with Crippen molar-refractivity contribution in [3.63, 3.8) is 0 Å². The number of aromatic nitrogens is 3. The zero-order chi connectivity index (χ0) is 20.5. The topological polar surface area (TPSA) is 70.4 Å². The van der Waals surface area contributed by atoms with Crippen molar-refractivity contribution in [1.29, 1.82) is 0 Å². The minimum atomic E-state index is -0.222. The fourth-order valence-corrected chi connectivity index (χ4v) is 3.76. The van der Waals surface area contributed by atoms with Crippen molar-refractivity contribution < 1.29 is 4.39 Å². The molecule has 0 amide bonds. The molecule has 0 radical (unpaired) electrons. The van der Waals surface area contributed by atoms with Crippen LogP contribution >= 0.6 is 24.0 Å². The van der Waals surface area contributed by atoms with Crippen molar-refractivity contribution in [2.75, 3.05) is 26.2 Å². The largest absolute Gasteiger partial charge is 0.355 e. The van der Waals surface area contributed by atoms with Crippen LogP contribution in [0.25, 0.3) is 0 Å². The number of nitrogens with one attached hydrogen (secondary N) is 2. The van der Waals surface area contributed by atoms with Crippen LogP contribution in [0.1, 0.15) is 38.1 Å². The Bertz CT molecular complexity index is 795. The number of hydrogen-bond acceptors (Lipinski definition) is 4. The van der Waals surface area contributed by atoms with Crippen LogP contribution in [-0.2, 0) is 19.5 Å². The molecule has 30 heavy (non-hydrogen) atoms. The van der Waals surface area contributed by atoms with Gasteiger partial charge in [-0.3, -0.25) is 4.90 Å². The second-order valence-corrected chi connectivity index (χ2v) is 7.28. The van der Waals surface area contributed by atoms with Gasteiger partial charge in [-0.15, -0.1) is 34.2 Å². The van der Waals surface area contributed by atoms with Crippen molar-refractivity contribution in [3.8, 4) is 0 Å². The molecule has 0 aliphatic carbocycles. The predicted octanol–water partition coefficient (Wildman–Crippen LogP) is 2.82. The molecule has 2 aromatic rings. The number of aryl methyl sites for hydroxylation is 1. The van der Waals surface area contributed by atoms with Crippen LogP contribution in [0.5, 0.6) is 0 Å². The van der Waals surface area contributed by atoms with Crippen molar-refractivity contribution in [1.82, 2.24) is 30.3 Å². The molecule has 1 aromatic heterocycles. The summed E-state index contributed by atoms with van der Waals surface area (Å²) in [6, 6.07) is 7.30. The zero-order valence-corrected chi connectivity index (χ0v) is 20.2. The normalized spacial score (nSPS) is 17.0. The minimum Gasteiger partial charge on any atom is -0.355 e. The van der Waals surface area contributed by atoms with Gasteiger partial charge in [0.05, 0.1) is 6.54 Å². The maximum atomic E-state index is 14.0. The van der Waals surface area contributed by atoms with Crippen molar-refractivity contribution in [3.05, 3.63) is 47.8 Å². The van der Waals surface area contributed by atoms with Gasteiger partial charge in [-0.05, 0) is 32.0 Å². The number of likely N-dealkylation sites (N-methyl/N-ethyl adjacent to an activating group) is 1. The van der Waals surface area contributed by atoms with E-state index in [9.17, 15) is 4.39 Å². The molecule has 2 N–H and O–H groups in total. The highest BCUT2D eigenvalue weighted by atomic mass is 127. The molecule has 7 nitrogen and oxygen atoms in total. The van der Waals surface area contributed by atoms with Gasteiger partial charge < -0.3 is 15.2 Å². The molecule has 1 unspecified atom stereocenters. The molecule has 1 aliphatic rings. The van der Waals surface area contributed by atoms with E-state index >= 15 is 0 Å². The number of nitrogens with zero attached hydrogens (tertiary/aromatic N) is 5. The van der Waals surface area contributed by atoms with Crippen molar-refractivity contribution >= 4 is 29.9 Å². The van der Waals surface area contributed by atoms with Gasteiger partial charge in [0, 0.05) is 37.7 Å². The third-order valence-electron chi connectivity index (χ3n) is 5.43. The summed E-state index contributed by atoms with van der Waals surface area (Å²) < 4.78 is 16.0. The molecule has 0 spiro atoms. The number of aliphatic imine (C=N–C) groups is 1. The van der Waals surface area contributed by atoms with Gasteiger partial charge >= 0.3 is 0 Å². The van der Waals surface area contributed by atoms with Gasteiger partial charge in [-0.1, -0.05) is 32.0 Å². The maximum Gasteiger partial charge on any atom is 0.191 e. The van der Waals surface area contributed by atoms with E-state index in [1.807, 2.05) is 10.6 Å². The van der Waals surface area contributed by atoms with Crippen LogP contribution in [0.15, 0.2) is 35.6 Å². The van der Waals surface area contributed by atoms with Gasteiger partial charge in [0.25, 0.3) is 0 Å². The molecule has 3 rings (SSSR count). The molecule has 0 saturated carbocycles. The molecule has 1 aliphatic heterocycles. The number of likely N-dealkylation sites (tertiary alicyclic amines) is 1. The van der Waals surface area contributed by atoms with E-state index in [1.165, 1.54) is 18.9 Å². The van der Waals surface area contributed by atoms with Crippen LogP contribution in [0.3, 0.4) is 0 Å². The highest BCUT2D eigenvalue weighted by Crippen LogP contribution is 2.15. The van der Waals surface area contributed by atoms with Crippen LogP contribution < -0.4 is 10.6 Å². The van der Waals surface area contributed by atoms with E-state index in [0.717, 1.165) is 38.4 Å². The third kappa shape index (κ3) is 6.90. The summed E-state index contributed by atoms with van der Waals surface area (Å²) in [7, 11) is 0. The quantitative estimate of drug-likeness (QED) is 0.297. The van der Waals surface area contributed by atoms with Gasteiger partial charge in [-0.2, -0.15) is 0 Å². The number of benzene rings is 1. The van der Waals surface area contributed by atoms with Crippen LogP contribution in [0, 0.1) is 5.82 Å². The first-order valence-electron chi connectivity index (χ1n) is 10.6. The lowest BCUT2D eigenvalue weighted by Crippen LogP contribution is -2.45. The molecule has 166 valence electrons.